The molecule has 0 unspecified atom stereocenters. The van der Waals surface area contributed by atoms with E-state index in [1.165, 1.54) is 38.6 Å². The fraction of sp³-hybridized carbons (Fsp3) is 0.0698. The Labute approximate surface area is 267 Å². The second-order valence-electron chi connectivity index (χ2n) is 12.6. The third kappa shape index (κ3) is 4.13. The van der Waals surface area contributed by atoms with Gasteiger partial charge in [0.1, 0.15) is 11.2 Å². The Bertz CT molecular complexity index is 2380. The monoisotopic (exact) mass is 590 g/mol. The maximum Gasteiger partial charge on any atom is 0.160 e. The maximum absolute atomic E-state index is 6.28. The molecule has 0 fully saturated rings. The second kappa shape index (κ2) is 10.1. The van der Waals surface area contributed by atoms with Crippen LogP contribution in [0.2, 0.25) is 0 Å². The first kappa shape index (κ1) is 26.6. The van der Waals surface area contributed by atoms with Gasteiger partial charge in [-0.05, 0) is 63.7 Å². The standard InChI is InChI=1S/C43H30N2O/c1-43(2)35-22-20-30(25-34(35)32-21-23-39-40(41(32)43)33-18-9-10-19-38(33)46-39)29-16-11-17-31(24-29)37-26-36(27-12-5-3-6-13-27)44-42(45-37)28-14-7-4-8-15-28/h3-26H,1-2H3. The van der Waals surface area contributed by atoms with Crippen LogP contribution in [0, 0.1) is 0 Å². The minimum atomic E-state index is -0.153. The van der Waals surface area contributed by atoms with Gasteiger partial charge in [0.25, 0.3) is 0 Å². The van der Waals surface area contributed by atoms with Gasteiger partial charge in [-0.15, -0.1) is 0 Å². The summed E-state index contributed by atoms with van der Waals surface area (Å²) in [5.74, 6) is 0.719. The molecule has 6 aromatic carbocycles. The van der Waals surface area contributed by atoms with E-state index in [0.29, 0.717) is 0 Å². The minimum Gasteiger partial charge on any atom is -0.456 e. The molecule has 8 aromatic rings. The van der Waals surface area contributed by atoms with E-state index in [-0.39, 0.29) is 5.41 Å². The van der Waals surface area contributed by atoms with Crippen LogP contribution in [0.3, 0.4) is 0 Å². The molecule has 0 N–H and O–H groups in total. The Morgan fingerprint density at radius 1 is 0.478 bits per heavy atom. The number of para-hydroxylation sites is 1. The summed E-state index contributed by atoms with van der Waals surface area (Å²) < 4.78 is 6.28. The maximum atomic E-state index is 6.28. The highest BCUT2D eigenvalue weighted by Crippen LogP contribution is 2.53. The van der Waals surface area contributed by atoms with Crippen molar-refractivity contribution >= 4 is 21.9 Å². The van der Waals surface area contributed by atoms with Crippen molar-refractivity contribution in [3.8, 4) is 56.2 Å². The number of hydrogen-bond donors (Lipinski definition) is 0. The normalized spacial score (nSPS) is 13.2. The lowest BCUT2D eigenvalue weighted by Gasteiger charge is -2.22. The van der Waals surface area contributed by atoms with Crippen LogP contribution in [0.25, 0.3) is 78.1 Å². The van der Waals surface area contributed by atoms with E-state index >= 15 is 0 Å². The summed E-state index contributed by atoms with van der Waals surface area (Å²) in [6.45, 7) is 4.67. The third-order valence-electron chi connectivity index (χ3n) is 9.47. The zero-order valence-corrected chi connectivity index (χ0v) is 25.7. The van der Waals surface area contributed by atoms with Crippen LogP contribution in [0.4, 0.5) is 0 Å². The number of nitrogens with zero attached hydrogens (tertiary/aromatic N) is 2. The van der Waals surface area contributed by atoms with E-state index in [1.807, 2.05) is 42.5 Å². The number of aromatic nitrogens is 2. The van der Waals surface area contributed by atoms with E-state index in [2.05, 4.69) is 117 Å². The molecule has 0 saturated heterocycles. The van der Waals surface area contributed by atoms with Crippen LogP contribution in [0.5, 0.6) is 0 Å². The molecular weight excluding hydrogens is 560 g/mol. The van der Waals surface area contributed by atoms with Crippen molar-refractivity contribution in [2.24, 2.45) is 0 Å². The van der Waals surface area contributed by atoms with Crippen molar-refractivity contribution in [1.82, 2.24) is 9.97 Å². The fourth-order valence-corrected chi connectivity index (χ4v) is 7.24. The SMILES string of the molecule is CC1(C)c2ccc(-c3cccc(-c4cc(-c5ccccc5)nc(-c5ccccc5)n4)c3)cc2-c2ccc3oc4ccccc4c3c21. The quantitative estimate of drug-likeness (QED) is 0.205. The molecule has 0 aliphatic heterocycles. The Morgan fingerprint density at radius 3 is 1.93 bits per heavy atom. The van der Waals surface area contributed by atoms with Crippen LogP contribution in [-0.2, 0) is 5.41 Å². The van der Waals surface area contributed by atoms with Crippen LogP contribution >= 0.6 is 0 Å². The van der Waals surface area contributed by atoms with E-state index in [9.17, 15) is 0 Å². The molecule has 2 aromatic heterocycles. The van der Waals surface area contributed by atoms with Crippen molar-refractivity contribution < 1.29 is 4.42 Å². The number of rotatable bonds is 4. The minimum absolute atomic E-state index is 0.153. The van der Waals surface area contributed by atoms with Gasteiger partial charge in [0.15, 0.2) is 5.82 Å². The van der Waals surface area contributed by atoms with Gasteiger partial charge in [-0.1, -0.05) is 129 Å². The number of benzene rings is 6. The highest BCUT2D eigenvalue weighted by Gasteiger charge is 2.38. The molecule has 1 aliphatic carbocycles. The van der Waals surface area contributed by atoms with E-state index in [1.54, 1.807) is 0 Å². The molecule has 3 nitrogen and oxygen atoms in total. The second-order valence-corrected chi connectivity index (χ2v) is 12.6. The molecule has 1 aliphatic rings. The predicted molar refractivity (Wildman–Crippen MR) is 189 cm³/mol. The summed E-state index contributed by atoms with van der Waals surface area (Å²) in [6, 6.07) is 51.0. The molecule has 0 radical (unpaired) electrons. The predicted octanol–water partition coefficient (Wildman–Crippen LogP) is 11.4. The van der Waals surface area contributed by atoms with Gasteiger partial charge in [-0.3, -0.25) is 0 Å². The van der Waals surface area contributed by atoms with Crippen LogP contribution in [0.15, 0.2) is 150 Å². The summed E-state index contributed by atoms with van der Waals surface area (Å²) in [5.41, 5.74) is 14.3. The van der Waals surface area contributed by atoms with Gasteiger partial charge in [0, 0.05) is 32.9 Å². The van der Waals surface area contributed by atoms with Crippen molar-refractivity contribution in [3.05, 3.63) is 157 Å². The van der Waals surface area contributed by atoms with Gasteiger partial charge in [-0.25, -0.2) is 9.97 Å². The molecule has 2 heterocycles. The summed E-state index contributed by atoms with van der Waals surface area (Å²) in [4.78, 5) is 10.0. The zero-order valence-electron chi connectivity index (χ0n) is 25.7. The molecule has 9 rings (SSSR count). The Hall–Kier alpha value is -5.80. The fourth-order valence-electron chi connectivity index (χ4n) is 7.24. The van der Waals surface area contributed by atoms with Crippen molar-refractivity contribution in [2.45, 2.75) is 19.3 Å². The van der Waals surface area contributed by atoms with Gasteiger partial charge >= 0.3 is 0 Å². The van der Waals surface area contributed by atoms with Crippen LogP contribution in [-0.4, -0.2) is 9.97 Å². The van der Waals surface area contributed by atoms with Crippen LogP contribution in [0.1, 0.15) is 25.0 Å². The summed E-state index contributed by atoms with van der Waals surface area (Å²) in [5, 5.41) is 2.41. The number of fused-ring (bicyclic) bond motifs is 7. The topological polar surface area (TPSA) is 38.9 Å². The molecule has 46 heavy (non-hydrogen) atoms. The van der Waals surface area contributed by atoms with E-state index < -0.39 is 0 Å². The van der Waals surface area contributed by atoms with Gasteiger partial charge in [0.05, 0.1) is 11.4 Å². The van der Waals surface area contributed by atoms with Gasteiger partial charge in [0.2, 0.25) is 0 Å². The summed E-state index contributed by atoms with van der Waals surface area (Å²) in [7, 11) is 0. The van der Waals surface area contributed by atoms with Gasteiger partial charge in [-0.2, -0.15) is 0 Å². The van der Waals surface area contributed by atoms with Gasteiger partial charge < -0.3 is 4.42 Å². The van der Waals surface area contributed by atoms with Crippen LogP contribution < -0.4 is 0 Å². The molecule has 0 bridgehead atoms. The molecule has 0 saturated carbocycles. The van der Waals surface area contributed by atoms with E-state index in [4.69, 9.17) is 14.4 Å². The molecular formula is C43H30N2O. The number of furan rings is 1. The summed E-state index contributed by atoms with van der Waals surface area (Å²) >= 11 is 0. The Kier molecular flexibility index (Phi) is 5.85. The molecule has 0 spiro atoms. The zero-order chi connectivity index (χ0) is 30.8. The molecule has 218 valence electrons. The largest absolute Gasteiger partial charge is 0.456 e. The molecule has 0 amide bonds. The molecule has 0 atom stereocenters. The van der Waals surface area contributed by atoms with Crippen molar-refractivity contribution in [2.75, 3.05) is 0 Å². The Morgan fingerprint density at radius 2 is 1.13 bits per heavy atom. The third-order valence-corrected chi connectivity index (χ3v) is 9.47. The summed E-state index contributed by atoms with van der Waals surface area (Å²) in [6.07, 6.45) is 0. The average Bonchev–Trinajstić information content (AvgIpc) is 3.60. The van der Waals surface area contributed by atoms with Crippen molar-refractivity contribution in [3.63, 3.8) is 0 Å². The number of hydrogen-bond acceptors (Lipinski definition) is 3. The first-order chi connectivity index (χ1) is 22.5. The highest BCUT2D eigenvalue weighted by atomic mass is 16.3. The molecule has 3 heteroatoms. The highest BCUT2D eigenvalue weighted by molar-refractivity contribution is 6.11. The lowest BCUT2D eigenvalue weighted by atomic mass is 9.80. The lowest BCUT2D eigenvalue weighted by molar-refractivity contribution is 0.657. The van der Waals surface area contributed by atoms with E-state index in [0.717, 1.165) is 50.6 Å². The lowest BCUT2D eigenvalue weighted by Crippen LogP contribution is -2.15. The first-order valence-electron chi connectivity index (χ1n) is 15.7. The smallest absolute Gasteiger partial charge is 0.160 e. The first-order valence-corrected chi connectivity index (χ1v) is 15.7. The Balaban J connectivity index is 1.17. The average molecular weight is 591 g/mol. The van der Waals surface area contributed by atoms with Crippen molar-refractivity contribution in [1.29, 1.82) is 0 Å².